The highest BCUT2D eigenvalue weighted by Crippen LogP contribution is 2.61. The number of phenolic OH excluding ortho intramolecular Hbond substituents is 1. The molecule has 4 rings (SSSR count). The van der Waals surface area contributed by atoms with Crippen molar-refractivity contribution in [1.82, 2.24) is 0 Å². The lowest BCUT2D eigenvalue weighted by Gasteiger charge is -2.50. The molecule has 0 heterocycles. The van der Waals surface area contributed by atoms with Crippen LogP contribution in [0.3, 0.4) is 0 Å². The van der Waals surface area contributed by atoms with E-state index in [4.69, 9.17) is 18.9 Å². The van der Waals surface area contributed by atoms with E-state index >= 15 is 0 Å². The molecule has 2 saturated carbocycles. The number of methoxy groups -OCH3 is 2. The second-order valence-corrected chi connectivity index (χ2v) is 8.67. The highest BCUT2D eigenvalue weighted by molar-refractivity contribution is 5.49. The molecular formula is C22H32O5. The first-order chi connectivity index (χ1) is 13.1. The van der Waals surface area contributed by atoms with Crippen molar-refractivity contribution < 1.29 is 24.1 Å². The van der Waals surface area contributed by atoms with Crippen molar-refractivity contribution in [2.24, 2.45) is 17.3 Å². The number of hydrogen-bond acceptors (Lipinski definition) is 5. The quantitative estimate of drug-likeness (QED) is 0.754. The standard InChI is InChI=1S/C22H32O5/c1-22-9-8-15-16(18(22)6-7-21(22)27-13-25-3)5-4-14-10-20(26-12-24-2)19(23)11-17(14)15/h10-11,15-16,18,21,23H,4-9,12-13H2,1-3H3/t15-,16-,18-,21+,22+/m1/s1. The summed E-state index contributed by atoms with van der Waals surface area (Å²) in [5.74, 6) is 2.67. The molecule has 0 unspecified atom stereocenters. The van der Waals surface area contributed by atoms with Gasteiger partial charge in [-0.3, -0.25) is 0 Å². The summed E-state index contributed by atoms with van der Waals surface area (Å²) >= 11 is 0. The van der Waals surface area contributed by atoms with Gasteiger partial charge in [0, 0.05) is 14.2 Å². The van der Waals surface area contributed by atoms with Crippen molar-refractivity contribution in [1.29, 1.82) is 0 Å². The second kappa shape index (κ2) is 7.61. The number of benzene rings is 1. The molecule has 2 fully saturated rings. The third-order valence-corrected chi connectivity index (χ3v) is 7.44. The molecule has 0 aromatic heterocycles. The van der Waals surface area contributed by atoms with Gasteiger partial charge in [-0.1, -0.05) is 6.92 Å². The van der Waals surface area contributed by atoms with E-state index in [0.29, 0.717) is 36.4 Å². The first-order valence-electron chi connectivity index (χ1n) is 10.2. The molecule has 0 radical (unpaired) electrons. The Balaban J connectivity index is 1.57. The first kappa shape index (κ1) is 19.0. The van der Waals surface area contributed by atoms with E-state index in [1.807, 2.05) is 12.1 Å². The van der Waals surface area contributed by atoms with Crippen LogP contribution in [0.1, 0.15) is 56.1 Å². The average Bonchev–Trinajstić information content (AvgIpc) is 3.01. The Morgan fingerprint density at radius 1 is 1.07 bits per heavy atom. The fourth-order valence-electron chi connectivity index (χ4n) is 6.20. The van der Waals surface area contributed by atoms with E-state index in [1.54, 1.807) is 14.2 Å². The maximum atomic E-state index is 10.4. The van der Waals surface area contributed by atoms with Crippen LogP contribution in [0.25, 0.3) is 0 Å². The summed E-state index contributed by atoms with van der Waals surface area (Å²) in [7, 11) is 3.28. The second-order valence-electron chi connectivity index (χ2n) is 8.67. The van der Waals surface area contributed by atoms with Gasteiger partial charge in [0.1, 0.15) is 6.79 Å². The molecule has 27 heavy (non-hydrogen) atoms. The Kier molecular flexibility index (Phi) is 5.36. The monoisotopic (exact) mass is 376 g/mol. The van der Waals surface area contributed by atoms with Crippen molar-refractivity contribution in [3.05, 3.63) is 23.3 Å². The van der Waals surface area contributed by atoms with Crippen molar-refractivity contribution in [3.63, 3.8) is 0 Å². The normalized spacial score (nSPS) is 34.6. The van der Waals surface area contributed by atoms with Crippen molar-refractivity contribution in [2.75, 3.05) is 27.8 Å². The topological polar surface area (TPSA) is 57.2 Å². The Hall–Kier alpha value is -1.30. The number of fused-ring (bicyclic) bond motifs is 5. The van der Waals surface area contributed by atoms with Gasteiger partial charge in [-0.2, -0.15) is 0 Å². The van der Waals surface area contributed by atoms with Crippen LogP contribution in [0.5, 0.6) is 11.5 Å². The zero-order valence-electron chi connectivity index (χ0n) is 16.7. The Labute approximate surface area is 162 Å². The first-order valence-corrected chi connectivity index (χ1v) is 10.2. The fourth-order valence-corrected chi connectivity index (χ4v) is 6.20. The van der Waals surface area contributed by atoms with Crippen LogP contribution in [0, 0.1) is 17.3 Å². The van der Waals surface area contributed by atoms with Crippen molar-refractivity contribution in [3.8, 4) is 11.5 Å². The third kappa shape index (κ3) is 3.24. The highest BCUT2D eigenvalue weighted by Gasteiger charge is 2.55. The number of phenols is 1. The van der Waals surface area contributed by atoms with E-state index in [2.05, 4.69) is 6.92 Å². The number of hydrogen-bond donors (Lipinski definition) is 1. The van der Waals surface area contributed by atoms with Gasteiger partial charge in [0.25, 0.3) is 0 Å². The molecule has 3 aliphatic carbocycles. The van der Waals surface area contributed by atoms with Gasteiger partial charge in [0.2, 0.25) is 0 Å². The van der Waals surface area contributed by atoms with Crippen LogP contribution >= 0.6 is 0 Å². The molecular weight excluding hydrogens is 344 g/mol. The third-order valence-electron chi connectivity index (χ3n) is 7.44. The van der Waals surface area contributed by atoms with Crippen LogP contribution in [-0.4, -0.2) is 39.0 Å². The summed E-state index contributed by atoms with van der Waals surface area (Å²) in [4.78, 5) is 0. The lowest BCUT2D eigenvalue weighted by molar-refractivity contribution is -0.125. The fraction of sp³-hybridized carbons (Fsp3) is 0.727. The van der Waals surface area contributed by atoms with Crippen LogP contribution in [0.4, 0.5) is 0 Å². The summed E-state index contributed by atoms with van der Waals surface area (Å²) in [6, 6.07) is 3.97. The molecule has 5 atom stereocenters. The molecule has 150 valence electrons. The molecule has 0 amide bonds. The van der Waals surface area contributed by atoms with Crippen LogP contribution < -0.4 is 4.74 Å². The highest BCUT2D eigenvalue weighted by atomic mass is 16.7. The minimum absolute atomic E-state index is 0.154. The molecule has 1 aromatic carbocycles. The van der Waals surface area contributed by atoms with Gasteiger partial charge in [0.15, 0.2) is 18.3 Å². The van der Waals surface area contributed by atoms with E-state index in [-0.39, 0.29) is 18.0 Å². The maximum absolute atomic E-state index is 10.4. The Bertz CT molecular complexity index is 675. The lowest BCUT2D eigenvalue weighted by Crippen LogP contribution is -2.44. The minimum Gasteiger partial charge on any atom is -0.504 e. The van der Waals surface area contributed by atoms with E-state index in [9.17, 15) is 5.11 Å². The van der Waals surface area contributed by atoms with Gasteiger partial charge in [0.05, 0.1) is 6.10 Å². The van der Waals surface area contributed by atoms with Crippen molar-refractivity contribution in [2.45, 2.75) is 57.5 Å². The zero-order valence-corrected chi connectivity index (χ0v) is 16.7. The maximum Gasteiger partial charge on any atom is 0.188 e. The molecule has 0 bridgehead atoms. The van der Waals surface area contributed by atoms with E-state index in [0.717, 1.165) is 19.3 Å². The average molecular weight is 376 g/mol. The molecule has 1 N–H and O–H groups in total. The number of aromatic hydroxyl groups is 1. The molecule has 0 saturated heterocycles. The summed E-state index contributed by atoms with van der Waals surface area (Å²) < 4.78 is 21.7. The largest absolute Gasteiger partial charge is 0.504 e. The Morgan fingerprint density at radius 3 is 2.67 bits per heavy atom. The van der Waals surface area contributed by atoms with Gasteiger partial charge in [-0.15, -0.1) is 0 Å². The minimum atomic E-state index is 0.154. The molecule has 5 heteroatoms. The van der Waals surface area contributed by atoms with E-state index < -0.39 is 0 Å². The predicted octanol–water partition coefficient (Wildman–Crippen LogP) is 4.22. The van der Waals surface area contributed by atoms with Gasteiger partial charge >= 0.3 is 0 Å². The smallest absolute Gasteiger partial charge is 0.188 e. The van der Waals surface area contributed by atoms with Gasteiger partial charge in [-0.05, 0) is 85.0 Å². The molecule has 0 aliphatic heterocycles. The van der Waals surface area contributed by atoms with E-state index in [1.165, 1.54) is 30.4 Å². The lowest BCUT2D eigenvalue weighted by atomic mass is 9.55. The molecule has 0 spiro atoms. The number of rotatable bonds is 6. The predicted molar refractivity (Wildman–Crippen MR) is 102 cm³/mol. The molecule has 3 aliphatic rings. The molecule has 1 aromatic rings. The summed E-state index contributed by atoms with van der Waals surface area (Å²) in [5, 5.41) is 10.4. The summed E-state index contributed by atoms with van der Waals surface area (Å²) in [6.07, 6.45) is 7.28. The molecule has 5 nitrogen and oxygen atoms in total. The number of ether oxygens (including phenoxy) is 4. The van der Waals surface area contributed by atoms with Gasteiger partial charge < -0.3 is 24.1 Å². The Morgan fingerprint density at radius 2 is 1.89 bits per heavy atom. The zero-order chi connectivity index (χ0) is 19.0. The SMILES string of the molecule is COCOc1cc2c(cc1O)[C@@H]1CC[C@]3(C)[C@@H](OCOC)CC[C@@H]3[C@@H]1CC2. The van der Waals surface area contributed by atoms with Crippen LogP contribution in [-0.2, 0) is 20.6 Å². The van der Waals surface area contributed by atoms with Crippen molar-refractivity contribution >= 4 is 0 Å². The summed E-state index contributed by atoms with van der Waals surface area (Å²) in [5.41, 5.74) is 2.91. The van der Waals surface area contributed by atoms with Gasteiger partial charge in [-0.25, -0.2) is 0 Å². The van der Waals surface area contributed by atoms with Crippen LogP contribution in [0.15, 0.2) is 12.1 Å². The number of aryl methyl sites for hydroxylation is 1. The summed E-state index contributed by atoms with van der Waals surface area (Å²) in [6.45, 7) is 2.97. The van der Waals surface area contributed by atoms with Crippen LogP contribution in [0.2, 0.25) is 0 Å².